The van der Waals surface area contributed by atoms with E-state index in [0.29, 0.717) is 16.0 Å². The van der Waals surface area contributed by atoms with Gasteiger partial charge in [-0.25, -0.2) is 0 Å². The lowest BCUT2D eigenvalue weighted by molar-refractivity contribution is -0.116. The predicted octanol–water partition coefficient (Wildman–Crippen LogP) is 5.52. The fourth-order valence-corrected chi connectivity index (χ4v) is 4.33. The van der Waals surface area contributed by atoms with Crippen molar-refractivity contribution in [2.75, 3.05) is 10.7 Å². The number of carbonyl (C=O) groups excluding carboxylic acids is 1. The number of halogens is 1. The maximum atomic E-state index is 13.1. The van der Waals surface area contributed by atoms with Crippen LogP contribution in [0.1, 0.15) is 13.8 Å². The van der Waals surface area contributed by atoms with Crippen molar-refractivity contribution in [2.45, 2.75) is 25.0 Å². The molecule has 0 saturated heterocycles. The number of pyridine rings is 1. The molecule has 4 aromatic rings. The van der Waals surface area contributed by atoms with Crippen LogP contribution in [0, 0.1) is 0 Å². The average molecular weight is 464 g/mol. The number of hydrogen-bond donors (Lipinski definition) is 0. The van der Waals surface area contributed by atoms with Gasteiger partial charge >= 0.3 is 0 Å². The minimum Gasteiger partial charge on any atom is -0.309 e. The van der Waals surface area contributed by atoms with Crippen LogP contribution in [0.3, 0.4) is 0 Å². The number of benzene rings is 2. The molecular weight excluding hydrogens is 442 g/mol. The van der Waals surface area contributed by atoms with Crippen LogP contribution in [-0.4, -0.2) is 37.5 Å². The third kappa shape index (κ3) is 4.84. The number of thioether (sulfide) groups is 1. The van der Waals surface area contributed by atoms with Gasteiger partial charge in [0.2, 0.25) is 5.91 Å². The zero-order valence-electron chi connectivity index (χ0n) is 17.7. The average Bonchev–Trinajstić information content (AvgIpc) is 3.23. The lowest BCUT2D eigenvalue weighted by atomic mass is 10.2. The monoisotopic (exact) mass is 463 g/mol. The molecule has 2 aromatic carbocycles. The third-order valence-electron chi connectivity index (χ3n) is 4.80. The second-order valence-electron chi connectivity index (χ2n) is 7.34. The van der Waals surface area contributed by atoms with Crippen molar-refractivity contribution in [2.24, 2.45) is 0 Å². The molecule has 0 aliphatic carbocycles. The lowest BCUT2D eigenvalue weighted by Gasteiger charge is -2.26. The molecule has 1 amide bonds. The molecule has 0 atom stereocenters. The Kier molecular flexibility index (Phi) is 6.87. The standard InChI is InChI=1S/C24H22ClN5OS/c1-17(2)29(20-6-4-3-5-7-20)22(31)16-32-24-28-27-23(18-12-14-26-15-13-18)30(24)21-10-8-19(25)9-11-21/h3-15,17H,16H2,1-2H3. The summed E-state index contributed by atoms with van der Waals surface area (Å²) in [6.07, 6.45) is 3.43. The van der Waals surface area contributed by atoms with Crippen LogP contribution in [0.15, 0.2) is 84.3 Å². The van der Waals surface area contributed by atoms with Crippen molar-refractivity contribution in [1.29, 1.82) is 0 Å². The Labute approximate surface area is 196 Å². The maximum absolute atomic E-state index is 13.1. The Morgan fingerprint density at radius 2 is 1.69 bits per heavy atom. The number of carbonyl (C=O) groups is 1. The summed E-state index contributed by atoms with van der Waals surface area (Å²) in [5.74, 6) is 0.913. The quantitative estimate of drug-likeness (QED) is 0.338. The summed E-state index contributed by atoms with van der Waals surface area (Å²) in [4.78, 5) is 19.0. The van der Waals surface area contributed by atoms with Crippen molar-refractivity contribution >= 4 is 35.0 Å². The number of para-hydroxylation sites is 1. The SMILES string of the molecule is CC(C)N(C(=O)CSc1nnc(-c2ccncc2)n1-c1ccc(Cl)cc1)c1ccccc1. The van der Waals surface area contributed by atoms with Gasteiger partial charge < -0.3 is 4.90 Å². The molecule has 162 valence electrons. The van der Waals surface area contributed by atoms with Gasteiger partial charge in [-0.15, -0.1) is 10.2 Å². The van der Waals surface area contributed by atoms with Crippen molar-refractivity contribution < 1.29 is 4.79 Å². The first-order chi connectivity index (χ1) is 15.5. The van der Waals surface area contributed by atoms with E-state index in [4.69, 9.17) is 11.6 Å². The Hall–Kier alpha value is -3.16. The number of hydrogen-bond acceptors (Lipinski definition) is 5. The predicted molar refractivity (Wildman–Crippen MR) is 129 cm³/mol. The number of nitrogens with zero attached hydrogens (tertiary/aromatic N) is 5. The van der Waals surface area contributed by atoms with Crippen LogP contribution in [-0.2, 0) is 4.79 Å². The van der Waals surface area contributed by atoms with Crippen LogP contribution in [0.4, 0.5) is 5.69 Å². The minimum atomic E-state index is 0.00678. The second kappa shape index (κ2) is 9.97. The minimum absolute atomic E-state index is 0.00678. The summed E-state index contributed by atoms with van der Waals surface area (Å²) in [5, 5.41) is 10.1. The van der Waals surface area contributed by atoms with E-state index >= 15 is 0 Å². The number of amides is 1. The fraction of sp³-hybridized carbons (Fsp3) is 0.167. The van der Waals surface area contributed by atoms with Crippen molar-refractivity contribution in [3.63, 3.8) is 0 Å². The van der Waals surface area contributed by atoms with E-state index in [1.807, 2.05) is 85.1 Å². The molecule has 0 unspecified atom stereocenters. The summed E-state index contributed by atoms with van der Waals surface area (Å²) in [6, 6.07) is 21.0. The molecule has 6 nitrogen and oxygen atoms in total. The van der Waals surface area contributed by atoms with Gasteiger partial charge in [-0.2, -0.15) is 0 Å². The highest BCUT2D eigenvalue weighted by atomic mass is 35.5. The molecule has 4 rings (SSSR count). The third-order valence-corrected chi connectivity index (χ3v) is 5.97. The molecular formula is C24H22ClN5OS. The summed E-state index contributed by atoms with van der Waals surface area (Å²) in [5.41, 5.74) is 2.63. The van der Waals surface area contributed by atoms with E-state index in [1.54, 1.807) is 17.3 Å². The molecule has 2 aromatic heterocycles. The highest BCUT2D eigenvalue weighted by Gasteiger charge is 2.22. The van der Waals surface area contributed by atoms with E-state index in [-0.39, 0.29) is 17.7 Å². The fourth-order valence-electron chi connectivity index (χ4n) is 3.39. The highest BCUT2D eigenvalue weighted by Crippen LogP contribution is 2.29. The molecule has 2 heterocycles. The molecule has 0 spiro atoms. The number of aromatic nitrogens is 4. The van der Waals surface area contributed by atoms with Gasteiger partial charge in [-0.05, 0) is 62.4 Å². The van der Waals surface area contributed by atoms with E-state index in [9.17, 15) is 4.79 Å². The van der Waals surface area contributed by atoms with Gasteiger partial charge in [-0.1, -0.05) is 41.6 Å². The van der Waals surface area contributed by atoms with Gasteiger partial charge in [0.25, 0.3) is 0 Å². The van der Waals surface area contributed by atoms with Crippen molar-refractivity contribution in [1.82, 2.24) is 19.7 Å². The summed E-state index contributed by atoms with van der Waals surface area (Å²) >= 11 is 7.45. The van der Waals surface area contributed by atoms with Crippen LogP contribution < -0.4 is 4.90 Å². The molecule has 0 fully saturated rings. The Bertz CT molecular complexity index is 1180. The van der Waals surface area contributed by atoms with Crippen LogP contribution in [0.2, 0.25) is 5.02 Å². The molecule has 0 bridgehead atoms. The van der Waals surface area contributed by atoms with Gasteiger partial charge in [0, 0.05) is 40.4 Å². The van der Waals surface area contributed by atoms with Crippen molar-refractivity contribution in [3.8, 4) is 17.1 Å². The molecule has 0 aliphatic rings. The van der Waals surface area contributed by atoms with E-state index in [2.05, 4.69) is 15.2 Å². The Balaban J connectivity index is 1.64. The second-order valence-corrected chi connectivity index (χ2v) is 8.71. The van der Waals surface area contributed by atoms with E-state index in [1.165, 1.54) is 11.8 Å². The maximum Gasteiger partial charge on any atom is 0.237 e. The zero-order valence-corrected chi connectivity index (χ0v) is 19.3. The smallest absolute Gasteiger partial charge is 0.237 e. The molecule has 32 heavy (non-hydrogen) atoms. The van der Waals surface area contributed by atoms with Gasteiger partial charge in [-0.3, -0.25) is 14.3 Å². The van der Waals surface area contributed by atoms with Crippen LogP contribution in [0.25, 0.3) is 17.1 Å². The van der Waals surface area contributed by atoms with E-state index in [0.717, 1.165) is 16.9 Å². The molecule has 8 heteroatoms. The van der Waals surface area contributed by atoms with Gasteiger partial charge in [0.15, 0.2) is 11.0 Å². The molecule has 0 aliphatic heterocycles. The zero-order chi connectivity index (χ0) is 22.5. The molecule has 0 saturated carbocycles. The normalized spacial score (nSPS) is 11.0. The Morgan fingerprint density at radius 3 is 2.34 bits per heavy atom. The van der Waals surface area contributed by atoms with Crippen LogP contribution >= 0.6 is 23.4 Å². The first-order valence-electron chi connectivity index (χ1n) is 10.2. The van der Waals surface area contributed by atoms with E-state index < -0.39 is 0 Å². The summed E-state index contributed by atoms with van der Waals surface area (Å²) in [6.45, 7) is 4.01. The van der Waals surface area contributed by atoms with Crippen LogP contribution in [0.5, 0.6) is 0 Å². The van der Waals surface area contributed by atoms with Gasteiger partial charge in [0.05, 0.1) is 5.75 Å². The lowest BCUT2D eigenvalue weighted by Crippen LogP contribution is -2.38. The molecule has 0 radical (unpaired) electrons. The highest BCUT2D eigenvalue weighted by molar-refractivity contribution is 7.99. The summed E-state index contributed by atoms with van der Waals surface area (Å²) in [7, 11) is 0. The van der Waals surface area contributed by atoms with Crippen molar-refractivity contribution in [3.05, 3.63) is 84.1 Å². The largest absolute Gasteiger partial charge is 0.309 e. The molecule has 0 N–H and O–H groups in total. The number of rotatable bonds is 7. The topological polar surface area (TPSA) is 63.9 Å². The Morgan fingerprint density at radius 1 is 1.00 bits per heavy atom. The first-order valence-corrected chi connectivity index (χ1v) is 11.5. The first kappa shape index (κ1) is 22.0. The summed E-state index contributed by atoms with van der Waals surface area (Å²) < 4.78 is 1.94. The number of anilines is 1. The van der Waals surface area contributed by atoms with Gasteiger partial charge in [0.1, 0.15) is 0 Å².